The van der Waals surface area contributed by atoms with E-state index in [2.05, 4.69) is 0 Å². The van der Waals surface area contributed by atoms with E-state index in [-0.39, 0.29) is 18.9 Å². The SMILES string of the molecule is CC1=C(C(C(=O)O)c2c(C)n(C(=O)c3cccc(F)c3)c3cc(F)c(O)c(F)c23)c2c(cc(F)c(OC(=O)C(c3c(C)n(C(=O)c4cccc(F)c4)c4cc(F)c(O)c(F)c34)C3CCCC3)c2F)[N+]1(C(=O)c1cccc(F)c1)C(C(N)=O)c1c(C)n(C(=O)c2cccc(F)c2)c2cc(F)c(O)c(F)c12. The summed E-state index contributed by atoms with van der Waals surface area (Å²) in [5.41, 5.74) is -8.76. The Bertz CT molecular complexity index is 5740. The molecule has 0 radical (unpaired) electrons. The van der Waals surface area contributed by atoms with Gasteiger partial charge in [0.05, 0.1) is 44.5 Å². The lowest BCUT2D eigenvalue weighted by Gasteiger charge is -2.39. The zero-order chi connectivity index (χ0) is 75.0. The molecule has 11 aromatic rings. The van der Waals surface area contributed by atoms with E-state index in [0.717, 1.165) is 107 Å². The second kappa shape index (κ2) is 25.7. The third-order valence-corrected chi connectivity index (χ3v) is 19.6. The second-order valence-electron chi connectivity index (χ2n) is 25.1. The number of phenolic OH excluding ortho intramolecular Hbond substituents is 3. The summed E-state index contributed by atoms with van der Waals surface area (Å²) >= 11 is 0. The Labute approximate surface area is 577 Å². The zero-order valence-electron chi connectivity index (χ0n) is 54.1. The van der Waals surface area contributed by atoms with Crippen LogP contribution in [0.1, 0.15) is 131 Å². The van der Waals surface area contributed by atoms with Crippen LogP contribution in [0.5, 0.6) is 23.0 Å². The van der Waals surface area contributed by atoms with Crippen molar-refractivity contribution in [2.45, 2.75) is 71.3 Å². The quantitative estimate of drug-likeness (QED) is 0.0295. The van der Waals surface area contributed by atoms with E-state index in [0.29, 0.717) is 62.9 Å². The Hall–Kier alpha value is -12.3. The van der Waals surface area contributed by atoms with Gasteiger partial charge in [-0.1, -0.05) is 37.1 Å². The van der Waals surface area contributed by atoms with Crippen molar-refractivity contribution in [2.24, 2.45) is 11.7 Å². The Balaban J connectivity index is 1.16. The molecule has 104 heavy (non-hydrogen) atoms. The van der Waals surface area contributed by atoms with Crippen LogP contribution >= 0.6 is 0 Å². The van der Waals surface area contributed by atoms with Gasteiger partial charge in [0.2, 0.25) is 11.8 Å². The molecule has 2 aliphatic rings. The van der Waals surface area contributed by atoms with Crippen LogP contribution in [0, 0.1) is 96.5 Å². The van der Waals surface area contributed by atoms with Crippen molar-refractivity contribution in [1.29, 1.82) is 0 Å². The van der Waals surface area contributed by atoms with E-state index in [1.54, 1.807) is 0 Å². The van der Waals surface area contributed by atoms with E-state index < -0.39 is 274 Å². The third kappa shape index (κ3) is 10.6. The van der Waals surface area contributed by atoms with Crippen LogP contribution in [0.15, 0.2) is 127 Å². The first kappa shape index (κ1) is 70.2. The topological polar surface area (TPSA) is 250 Å². The fourth-order valence-corrected chi connectivity index (χ4v) is 15.2. The highest BCUT2D eigenvalue weighted by atomic mass is 19.2. The van der Waals surface area contributed by atoms with Gasteiger partial charge < -0.3 is 30.9 Å². The lowest BCUT2D eigenvalue weighted by Crippen LogP contribution is -2.58. The number of hydrogen-bond donors (Lipinski definition) is 5. The highest BCUT2D eigenvalue weighted by Crippen LogP contribution is 2.61. The molecular weight excluding hydrogens is 1390 g/mol. The summed E-state index contributed by atoms with van der Waals surface area (Å²) in [5, 5.41) is 41.8. The number of esters is 1. The molecule has 0 saturated heterocycles. The molecule has 3 aromatic heterocycles. The molecule has 6 N–H and O–H groups in total. The lowest BCUT2D eigenvalue weighted by molar-refractivity contribution is -0.138. The molecule has 530 valence electrons. The number of ether oxygens (including phenoxy) is 1. The minimum absolute atomic E-state index is 0.0100. The van der Waals surface area contributed by atoms with E-state index in [9.17, 15) is 48.4 Å². The van der Waals surface area contributed by atoms with E-state index in [4.69, 9.17) is 10.5 Å². The fourth-order valence-electron chi connectivity index (χ4n) is 15.2. The number of rotatable bonds is 14. The van der Waals surface area contributed by atoms with Gasteiger partial charge >= 0.3 is 17.8 Å². The average Bonchev–Trinajstić information content (AvgIpc) is 1.50. The molecule has 0 spiro atoms. The highest BCUT2D eigenvalue weighted by molar-refractivity contribution is 6.17. The molecule has 17 nitrogen and oxygen atoms in total. The fraction of sp³-hybridized carbons (Fsp3) is 0.160. The maximum Gasteiger partial charge on any atom is 0.356 e. The number of benzene rings is 8. The Morgan fingerprint density at radius 1 is 0.490 bits per heavy atom. The predicted molar refractivity (Wildman–Crippen MR) is 347 cm³/mol. The molecule has 4 unspecified atom stereocenters. The lowest BCUT2D eigenvalue weighted by atomic mass is 9.83. The average molecular weight is 1440 g/mol. The van der Waals surface area contributed by atoms with Gasteiger partial charge in [-0.3, -0.25) is 42.5 Å². The molecule has 1 saturated carbocycles. The Morgan fingerprint density at radius 2 is 0.865 bits per heavy atom. The van der Waals surface area contributed by atoms with E-state index >= 15 is 58.3 Å². The first-order chi connectivity index (χ1) is 49.3. The first-order valence-electron chi connectivity index (χ1n) is 31.5. The van der Waals surface area contributed by atoms with Crippen molar-refractivity contribution < 1.29 is 111 Å². The monoisotopic (exact) mass is 1440 g/mol. The van der Waals surface area contributed by atoms with Crippen molar-refractivity contribution in [2.75, 3.05) is 0 Å². The number of primary amides is 1. The number of allylic oxidation sites excluding steroid dienone is 1. The van der Waals surface area contributed by atoms with Gasteiger partial charge in [-0.25, -0.2) is 57.5 Å². The summed E-state index contributed by atoms with van der Waals surface area (Å²) in [6.07, 6.45) is 0.617. The third-order valence-electron chi connectivity index (χ3n) is 19.6. The van der Waals surface area contributed by atoms with Crippen molar-refractivity contribution in [1.82, 2.24) is 18.2 Å². The van der Waals surface area contributed by atoms with E-state index in [1.807, 2.05) is 0 Å². The number of amides is 2. The van der Waals surface area contributed by atoms with Crippen molar-refractivity contribution >= 4 is 85.4 Å². The number of aliphatic carboxylic acids is 1. The number of carbonyl (C=O) groups is 7. The summed E-state index contributed by atoms with van der Waals surface area (Å²) < 4.78 is 203. The predicted octanol–water partition coefficient (Wildman–Crippen LogP) is 15.2. The van der Waals surface area contributed by atoms with Gasteiger partial charge in [0.25, 0.3) is 23.6 Å². The number of carboxylic acid groups (broad SMARTS) is 1. The minimum Gasteiger partial charge on any atom is -0.503 e. The molecular formula is C75H50F12N5O12+. The van der Waals surface area contributed by atoms with Crippen molar-refractivity contribution in [3.8, 4) is 23.0 Å². The maximum absolute atomic E-state index is 19.7. The van der Waals surface area contributed by atoms with Crippen LogP contribution in [-0.2, 0) is 14.4 Å². The summed E-state index contributed by atoms with van der Waals surface area (Å²) in [7, 11) is 0. The van der Waals surface area contributed by atoms with Crippen LogP contribution in [-0.4, -0.2) is 75.6 Å². The van der Waals surface area contributed by atoms with Crippen LogP contribution in [0.25, 0.3) is 38.3 Å². The number of hydrogen-bond acceptors (Lipinski definition) is 11. The van der Waals surface area contributed by atoms with Gasteiger partial charge in [0.15, 0.2) is 69.5 Å². The Kier molecular flexibility index (Phi) is 17.3. The maximum atomic E-state index is 19.7. The van der Waals surface area contributed by atoms with Gasteiger partial charge in [0, 0.05) is 86.9 Å². The molecule has 1 aliphatic heterocycles. The number of quaternary nitrogens is 1. The standard InChI is InChI=1S/C75H49F12N5O12/c1-29-50(55-46(25-42(80)65(93)60(55)84)89(29)70(97)34-13-7-17-38(76)21-34)54(33-11-5-6-12-33)75(103)104-68-45(83)28-49-58(63(68)87)53(59(74(101)102)51-30(2)90(71(98)35-14-8-18-39(77)22-35)47-26-43(81)66(94)61(85)56(47)51)32(4)92(49,73(100)37-16-10-20-41(79)24-37)64(69(88)96)52-31(3)91(72(99)36-15-9-19-40(78)23-36)48-27-44(82)67(95)62(86)57(48)52/h7-10,13-28,33,54,59,64H,5-6,11-12H2,1-4H3,(H5-,88,93,94,95,96,101,102)/p+1. The summed E-state index contributed by atoms with van der Waals surface area (Å²) in [6.45, 7) is 3.66. The van der Waals surface area contributed by atoms with Crippen LogP contribution in [0.4, 0.5) is 58.4 Å². The van der Waals surface area contributed by atoms with Gasteiger partial charge in [-0.15, -0.1) is 0 Å². The largest absolute Gasteiger partial charge is 0.503 e. The molecule has 2 amide bonds. The number of aromatic hydroxyl groups is 3. The van der Waals surface area contributed by atoms with Crippen molar-refractivity contribution in [3.05, 3.63) is 258 Å². The van der Waals surface area contributed by atoms with Gasteiger partial charge in [0.1, 0.15) is 34.9 Å². The molecule has 1 aliphatic carbocycles. The second-order valence-corrected chi connectivity index (χ2v) is 25.1. The number of phenols is 3. The number of nitrogens with zero attached hydrogens (tertiary/aromatic N) is 4. The molecule has 29 heteroatoms. The van der Waals surface area contributed by atoms with Gasteiger partial charge in [-0.2, -0.15) is 4.48 Å². The number of carboxylic acids is 1. The normalized spacial score (nSPS) is 15.5. The number of aromatic nitrogens is 3. The molecule has 0 bridgehead atoms. The Morgan fingerprint density at radius 3 is 1.27 bits per heavy atom. The molecule has 13 rings (SSSR count). The summed E-state index contributed by atoms with van der Waals surface area (Å²) in [5.74, 6) is -45.1. The van der Waals surface area contributed by atoms with E-state index in [1.165, 1.54) is 0 Å². The van der Waals surface area contributed by atoms with Crippen LogP contribution in [0.3, 0.4) is 0 Å². The first-order valence-corrected chi connectivity index (χ1v) is 31.5. The molecule has 1 fully saturated rings. The smallest absolute Gasteiger partial charge is 0.356 e. The summed E-state index contributed by atoms with van der Waals surface area (Å²) in [4.78, 5) is 107. The van der Waals surface area contributed by atoms with Crippen LogP contribution < -0.4 is 15.0 Å². The van der Waals surface area contributed by atoms with Crippen LogP contribution in [0.2, 0.25) is 0 Å². The highest BCUT2D eigenvalue weighted by Gasteiger charge is 2.63. The molecule has 4 atom stereocenters. The summed E-state index contributed by atoms with van der Waals surface area (Å²) in [6, 6.07) is 12.4. The van der Waals surface area contributed by atoms with Crippen molar-refractivity contribution in [3.63, 3.8) is 0 Å². The number of carbonyl (C=O) groups excluding carboxylic acids is 6. The van der Waals surface area contributed by atoms with Gasteiger partial charge in [-0.05, 0) is 118 Å². The molecule has 4 heterocycles. The zero-order valence-corrected chi connectivity index (χ0v) is 54.1. The number of nitrogens with two attached hydrogens (primary N) is 1. The minimum atomic E-state index is -3.06. The number of fused-ring (bicyclic) bond motifs is 4. The molecule has 8 aromatic carbocycles. The number of halogens is 12.